The molecular formula is C16H15NO2. The Bertz CT molecular complexity index is 607. The molecule has 2 rings (SSSR count). The van der Waals surface area contributed by atoms with Gasteiger partial charge in [-0.15, -0.1) is 0 Å². The van der Waals surface area contributed by atoms with Crippen LogP contribution in [-0.2, 0) is 0 Å². The van der Waals surface area contributed by atoms with Crippen molar-refractivity contribution in [2.75, 3.05) is 0 Å². The summed E-state index contributed by atoms with van der Waals surface area (Å²) >= 11 is 0. The van der Waals surface area contributed by atoms with Crippen molar-refractivity contribution < 1.29 is 9.90 Å². The fraction of sp³-hybridized carbons (Fsp3) is 0.125. The second-order valence-electron chi connectivity index (χ2n) is 4.43. The number of rotatable bonds is 3. The molecule has 1 aromatic carbocycles. The lowest BCUT2D eigenvalue weighted by atomic mass is 10.0. The Morgan fingerprint density at radius 1 is 1.16 bits per heavy atom. The highest BCUT2D eigenvalue weighted by Crippen LogP contribution is 2.22. The first-order chi connectivity index (χ1) is 9.08. The minimum atomic E-state index is -0.0609. The van der Waals surface area contributed by atoms with Crippen LogP contribution in [0, 0.1) is 13.8 Å². The first-order valence-electron chi connectivity index (χ1n) is 6.00. The fourth-order valence-electron chi connectivity index (χ4n) is 1.99. The lowest BCUT2D eigenvalue weighted by Gasteiger charge is -2.06. The summed E-state index contributed by atoms with van der Waals surface area (Å²) in [6.07, 6.45) is 6.52. The number of carbonyl (C=O) groups excluding carboxylic acids is 1. The second kappa shape index (κ2) is 5.48. The van der Waals surface area contributed by atoms with Crippen LogP contribution in [0.3, 0.4) is 0 Å². The highest BCUT2D eigenvalue weighted by molar-refractivity contribution is 6.06. The summed E-state index contributed by atoms with van der Waals surface area (Å²) in [5.74, 6) is 0.182. The van der Waals surface area contributed by atoms with Gasteiger partial charge >= 0.3 is 0 Å². The zero-order chi connectivity index (χ0) is 13.8. The molecule has 0 atom stereocenters. The first kappa shape index (κ1) is 13.0. The van der Waals surface area contributed by atoms with E-state index in [9.17, 15) is 9.90 Å². The van der Waals surface area contributed by atoms with Crippen molar-refractivity contribution in [1.29, 1.82) is 0 Å². The van der Waals surface area contributed by atoms with Crippen LogP contribution in [0.25, 0.3) is 6.08 Å². The van der Waals surface area contributed by atoms with E-state index in [1.54, 1.807) is 48.8 Å². The van der Waals surface area contributed by atoms with Gasteiger partial charge in [-0.1, -0.05) is 6.08 Å². The van der Waals surface area contributed by atoms with Crippen molar-refractivity contribution in [2.45, 2.75) is 13.8 Å². The van der Waals surface area contributed by atoms with Crippen LogP contribution in [0.15, 0.2) is 42.7 Å². The molecule has 0 aliphatic heterocycles. The topological polar surface area (TPSA) is 50.2 Å². The minimum absolute atomic E-state index is 0.0609. The molecule has 3 nitrogen and oxygen atoms in total. The number of phenols is 1. The largest absolute Gasteiger partial charge is 0.508 e. The van der Waals surface area contributed by atoms with Crippen molar-refractivity contribution in [3.05, 3.63) is 65.0 Å². The van der Waals surface area contributed by atoms with Crippen molar-refractivity contribution in [2.24, 2.45) is 0 Å². The Labute approximate surface area is 112 Å². The van der Waals surface area contributed by atoms with E-state index in [2.05, 4.69) is 4.98 Å². The molecule has 0 radical (unpaired) electrons. The van der Waals surface area contributed by atoms with Gasteiger partial charge in [0.1, 0.15) is 5.75 Å². The van der Waals surface area contributed by atoms with Crippen molar-refractivity contribution in [1.82, 2.24) is 4.98 Å². The maximum atomic E-state index is 11.9. The average Bonchev–Trinajstić information content (AvgIpc) is 2.38. The van der Waals surface area contributed by atoms with E-state index in [1.165, 1.54) is 0 Å². The van der Waals surface area contributed by atoms with Gasteiger partial charge in [-0.3, -0.25) is 9.78 Å². The Morgan fingerprint density at radius 3 is 2.32 bits per heavy atom. The minimum Gasteiger partial charge on any atom is -0.508 e. The molecule has 0 bridgehead atoms. The maximum Gasteiger partial charge on any atom is 0.185 e. The number of aromatic hydroxyl groups is 1. The van der Waals surface area contributed by atoms with E-state index in [-0.39, 0.29) is 11.5 Å². The summed E-state index contributed by atoms with van der Waals surface area (Å²) < 4.78 is 0. The average molecular weight is 253 g/mol. The summed E-state index contributed by atoms with van der Waals surface area (Å²) in [6, 6.07) is 6.74. The number of carbonyl (C=O) groups is 1. The number of nitrogens with zero attached hydrogens (tertiary/aromatic N) is 1. The Kier molecular flexibility index (Phi) is 3.76. The number of allylic oxidation sites excluding steroid dienone is 1. The second-order valence-corrected chi connectivity index (χ2v) is 4.43. The molecule has 96 valence electrons. The number of hydrogen-bond acceptors (Lipinski definition) is 3. The molecule has 1 N–H and O–H groups in total. The lowest BCUT2D eigenvalue weighted by molar-refractivity contribution is 0.104. The van der Waals surface area contributed by atoms with Crippen molar-refractivity contribution >= 4 is 11.9 Å². The van der Waals surface area contributed by atoms with Crippen LogP contribution in [0.1, 0.15) is 27.0 Å². The SMILES string of the molecule is Cc1cc(O)cc(C)c1/C=C/C(=O)c1ccncc1. The molecule has 0 amide bonds. The molecule has 0 unspecified atom stereocenters. The standard InChI is InChI=1S/C16H15NO2/c1-11-9-14(18)10-12(2)15(11)3-4-16(19)13-5-7-17-8-6-13/h3-10,18H,1-2H3/b4-3+. The Morgan fingerprint density at radius 2 is 1.74 bits per heavy atom. The Balaban J connectivity index is 2.27. The van der Waals surface area contributed by atoms with E-state index in [4.69, 9.17) is 0 Å². The molecule has 3 heteroatoms. The van der Waals surface area contributed by atoms with Gasteiger partial charge in [-0.2, -0.15) is 0 Å². The summed E-state index contributed by atoms with van der Waals surface area (Å²) in [5.41, 5.74) is 3.45. The zero-order valence-electron chi connectivity index (χ0n) is 10.9. The number of ketones is 1. The number of aromatic nitrogens is 1. The summed E-state index contributed by atoms with van der Waals surface area (Å²) in [5, 5.41) is 9.48. The van der Waals surface area contributed by atoms with Crippen LogP contribution in [0.2, 0.25) is 0 Å². The molecule has 0 saturated heterocycles. The maximum absolute atomic E-state index is 11.9. The normalized spacial score (nSPS) is 10.8. The van der Waals surface area contributed by atoms with Crippen LogP contribution in [0.4, 0.5) is 0 Å². The first-order valence-corrected chi connectivity index (χ1v) is 6.00. The van der Waals surface area contributed by atoms with E-state index in [0.717, 1.165) is 16.7 Å². The zero-order valence-corrected chi connectivity index (χ0v) is 10.9. The molecule has 0 spiro atoms. The fourth-order valence-corrected chi connectivity index (χ4v) is 1.99. The van der Waals surface area contributed by atoms with Gasteiger partial charge in [-0.05, 0) is 60.9 Å². The summed E-state index contributed by atoms with van der Waals surface area (Å²) in [4.78, 5) is 15.8. The van der Waals surface area contributed by atoms with Gasteiger partial charge in [0.25, 0.3) is 0 Å². The monoisotopic (exact) mass is 253 g/mol. The van der Waals surface area contributed by atoms with E-state index in [1.807, 2.05) is 13.8 Å². The molecule has 0 saturated carbocycles. The Hall–Kier alpha value is -2.42. The van der Waals surface area contributed by atoms with Gasteiger partial charge < -0.3 is 5.11 Å². The van der Waals surface area contributed by atoms with Crippen LogP contribution in [-0.4, -0.2) is 15.9 Å². The van der Waals surface area contributed by atoms with E-state index >= 15 is 0 Å². The van der Waals surface area contributed by atoms with Gasteiger partial charge in [0.15, 0.2) is 5.78 Å². The third-order valence-corrected chi connectivity index (χ3v) is 2.94. The highest BCUT2D eigenvalue weighted by atomic mass is 16.3. The molecular weight excluding hydrogens is 238 g/mol. The molecule has 2 aromatic rings. The third kappa shape index (κ3) is 3.07. The van der Waals surface area contributed by atoms with Gasteiger partial charge in [0.05, 0.1) is 0 Å². The molecule has 0 aliphatic carbocycles. The predicted molar refractivity (Wildman–Crippen MR) is 75.2 cm³/mol. The van der Waals surface area contributed by atoms with Crippen molar-refractivity contribution in [3.63, 3.8) is 0 Å². The molecule has 0 fully saturated rings. The predicted octanol–water partition coefficient (Wildman–Crippen LogP) is 3.30. The van der Waals surface area contributed by atoms with Gasteiger partial charge in [0, 0.05) is 18.0 Å². The van der Waals surface area contributed by atoms with Crippen LogP contribution < -0.4 is 0 Å². The lowest BCUT2D eigenvalue weighted by Crippen LogP contribution is -1.94. The highest BCUT2D eigenvalue weighted by Gasteiger charge is 2.04. The van der Waals surface area contributed by atoms with E-state index < -0.39 is 0 Å². The summed E-state index contributed by atoms with van der Waals surface area (Å²) in [6.45, 7) is 3.81. The molecule has 1 heterocycles. The number of hydrogen-bond donors (Lipinski definition) is 1. The van der Waals surface area contributed by atoms with Gasteiger partial charge in [-0.25, -0.2) is 0 Å². The van der Waals surface area contributed by atoms with Crippen molar-refractivity contribution in [3.8, 4) is 5.75 Å². The van der Waals surface area contributed by atoms with Crippen LogP contribution >= 0.6 is 0 Å². The summed E-state index contributed by atoms with van der Waals surface area (Å²) in [7, 11) is 0. The van der Waals surface area contributed by atoms with E-state index in [0.29, 0.717) is 5.56 Å². The molecule has 1 aromatic heterocycles. The molecule has 0 aliphatic rings. The number of benzene rings is 1. The van der Waals surface area contributed by atoms with Gasteiger partial charge in [0.2, 0.25) is 0 Å². The van der Waals surface area contributed by atoms with Crippen LogP contribution in [0.5, 0.6) is 5.75 Å². The number of phenolic OH excluding ortho intramolecular Hbond substituents is 1. The smallest absolute Gasteiger partial charge is 0.185 e. The quantitative estimate of drug-likeness (QED) is 0.674. The third-order valence-electron chi connectivity index (χ3n) is 2.94. The number of aryl methyl sites for hydroxylation is 2. The number of pyridine rings is 1. The molecule has 19 heavy (non-hydrogen) atoms.